The van der Waals surface area contributed by atoms with Crippen molar-refractivity contribution in [2.45, 2.75) is 6.92 Å². The van der Waals surface area contributed by atoms with E-state index in [0.717, 1.165) is 6.07 Å². The molecule has 0 saturated heterocycles. The molecule has 6 heteroatoms. The van der Waals surface area contributed by atoms with Gasteiger partial charge in [0.1, 0.15) is 17.1 Å². The van der Waals surface area contributed by atoms with Crippen LogP contribution in [0.4, 0.5) is 4.39 Å². The Hall–Kier alpha value is -2.37. The van der Waals surface area contributed by atoms with Gasteiger partial charge in [-0.3, -0.25) is 4.79 Å². The van der Waals surface area contributed by atoms with Crippen LogP contribution in [0, 0.1) is 12.7 Å². The van der Waals surface area contributed by atoms with Crippen molar-refractivity contribution in [1.29, 1.82) is 0 Å². The fraction of sp³-hybridized carbons (Fsp3) is 0.231. The van der Waals surface area contributed by atoms with Gasteiger partial charge in [-0.2, -0.15) is 0 Å². The van der Waals surface area contributed by atoms with Gasteiger partial charge in [0.05, 0.1) is 18.0 Å². The Morgan fingerprint density at radius 3 is 2.63 bits per heavy atom. The van der Waals surface area contributed by atoms with Crippen LogP contribution in [0.15, 0.2) is 17.1 Å². The molecule has 1 aromatic heterocycles. The molecule has 0 fully saturated rings. The summed E-state index contributed by atoms with van der Waals surface area (Å²) in [5.41, 5.74) is -0.484. The fourth-order valence-corrected chi connectivity index (χ4v) is 2.10. The van der Waals surface area contributed by atoms with Gasteiger partial charge < -0.3 is 14.4 Å². The topological polar surface area (TPSA) is 68.5 Å². The number of carboxylic acid groups (broad SMARTS) is 1. The molecule has 0 aliphatic heterocycles. The van der Waals surface area contributed by atoms with Gasteiger partial charge in [-0.25, -0.2) is 9.18 Å². The zero-order chi connectivity index (χ0) is 14.3. The molecule has 2 rings (SSSR count). The molecule has 1 aromatic carbocycles. The lowest BCUT2D eigenvalue weighted by Crippen LogP contribution is -2.18. The number of fused-ring (bicyclic) bond motifs is 1. The van der Waals surface area contributed by atoms with Gasteiger partial charge in [0.25, 0.3) is 0 Å². The lowest BCUT2D eigenvalue weighted by molar-refractivity contribution is 0.0695. The summed E-state index contributed by atoms with van der Waals surface area (Å²) in [7, 11) is 2.95. The number of aromatic nitrogens is 1. The molecule has 0 radical (unpaired) electrons. The van der Waals surface area contributed by atoms with E-state index in [9.17, 15) is 14.0 Å². The van der Waals surface area contributed by atoms with Crippen molar-refractivity contribution in [2.24, 2.45) is 7.05 Å². The number of carboxylic acids is 1. The summed E-state index contributed by atoms with van der Waals surface area (Å²) in [6.45, 7) is 1.53. The Balaban J connectivity index is 3.07. The highest BCUT2D eigenvalue weighted by atomic mass is 19.1. The van der Waals surface area contributed by atoms with E-state index in [1.54, 1.807) is 7.05 Å². The van der Waals surface area contributed by atoms with E-state index in [0.29, 0.717) is 5.52 Å². The summed E-state index contributed by atoms with van der Waals surface area (Å²) in [6.07, 6.45) is 1.20. The van der Waals surface area contributed by atoms with E-state index < -0.39 is 22.8 Å². The molecule has 0 spiro atoms. The van der Waals surface area contributed by atoms with Crippen LogP contribution in [0.1, 0.15) is 15.9 Å². The van der Waals surface area contributed by atoms with E-state index in [-0.39, 0.29) is 16.7 Å². The number of benzene rings is 1. The second kappa shape index (κ2) is 4.38. The van der Waals surface area contributed by atoms with Crippen LogP contribution in [-0.2, 0) is 7.05 Å². The smallest absolute Gasteiger partial charge is 0.341 e. The molecule has 0 bridgehead atoms. The van der Waals surface area contributed by atoms with Crippen LogP contribution in [0.2, 0.25) is 0 Å². The largest absolute Gasteiger partial charge is 0.494 e. The predicted molar refractivity (Wildman–Crippen MR) is 67.4 cm³/mol. The van der Waals surface area contributed by atoms with Crippen molar-refractivity contribution in [3.05, 3.63) is 39.4 Å². The number of rotatable bonds is 2. The summed E-state index contributed by atoms with van der Waals surface area (Å²) in [5.74, 6) is -1.72. The van der Waals surface area contributed by atoms with Gasteiger partial charge in [-0.1, -0.05) is 0 Å². The quantitative estimate of drug-likeness (QED) is 0.897. The third-order valence-electron chi connectivity index (χ3n) is 3.04. The van der Waals surface area contributed by atoms with Gasteiger partial charge >= 0.3 is 5.97 Å². The van der Waals surface area contributed by atoms with Gasteiger partial charge in [-0.05, 0) is 13.0 Å². The van der Waals surface area contributed by atoms with Gasteiger partial charge in [-0.15, -0.1) is 0 Å². The molecule has 0 aliphatic rings. The minimum Gasteiger partial charge on any atom is -0.494 e. The lowest BCUT2D eigenvalue weighted by atomic mass is 10.1. The number of methoxy groups -OCH3 is 1. The molecule has 2 aromatic rings. The Morgan fingerprint density at radius 2 is 2.11 bits per heavy atom. The first-order valence-electron chi connectivity index (χ1n) is 5.48. The minimum absolute atomic E-state index is 0.0117. The number of hydrogen-bond acceptors (Lipinski definition) is 3. The third kappa shape index (κ3) is 1.85. The Bertz CT molecular complexity index is 749. The minimum atomic E-state index is -1.34. The molecule has 0 atom stereocenters. The highest BCUT2D eigenvalue weighted by Gasteiger charge is 2.19. The number of aryl methyl sites for hydroxylation is 1. The Labute approximate surface area is 107 Å². The first kappa shape index (κ1) is 13.1. The highest BCUT2D eigenvalue weighted by Crippen LogP contribution is 2.29. The van der Waals surface area contributed by atoms with Crippen molar-refractivity contribution in [2.75, 3.05) is 7.11 Å². The fourth-order valence-electron chi connectivity index (χ4n) is 2.10. The van der Waals surface area contributed by atoms with Crippen molar-refractivity contribution in [1.82, 2.24) is 4.57 Å². The number of aromatic carboxylic acids is 1. The lowest BCUT2D eigenvalue weighted by Gasteiger charge is -2.14. The molecule has 0 amide bonds. The SMILES string of the molecule is COc1c(C)c(F)cc2c(=O)c(C(=O)O)cn(C)c12. The second-order valence-corrected chi connectivity index (χ2v) is 4.20. The number of nitrogens with zero attached hydrogens (tertiary/aromatic N) is 1. The zero-order valence-corrected chi connectivity index (χ0v) is 10.7. The van der Waals surface area contributed by atoms with Crippen LogP contribution in [-0.4, -0.2) is 22.8 Å². The van der Waals surface area contributed by atoms with E-state index in [1.165, 1.54) is 24.8 Å². The third-order valence-corrected chi connectivity index (χ3v) is 3.04. The number of hydrogen-bond donors (Lipinski definition) is 1. The monoisotopic (exact) mass is 265 g/mol. The number of carbonyl (C=O) groups is 1. The van der Waals surface area contributed by atoms with E-state index >= 15 is 0 Å². The molecular formula is C13H12FNO4. The molecule has 1 N–H and O–H groups in total. The van der Waals surface area contributed by atoms with Crippen molar-refractivity contribution >= 4 is 16.9 Å². The highest BCUT2D eigenvalue weighted by molar-refractivity contribution is 5.94. The standard InChI is InChI=1S/C13H12FNO4/c1-6-9(14)4-7-10(12(6)19-3)15(2)5-8(11(7)16)13(17)18/h4-5H,1-3H3,(H,17,18). The summed E-state index contributed by atoms with van der Waals surface area (Å²) in [5, 5.41) is 8.95. The Kier molecular flexibility index (Phi) is 3.01. The number of halogens is 1. The molecule has 19 heavy (non-hydrogen) atoms. The molecule has 0 aliphatic carbocycles. The van der Waals surface area contributed by atoms with Gasteiger partial charge in [0.2, 0.25) is 5.43 Å². The second-order valence-electron chi connectivity index (χ2n) is 4.20. The maximum atomic E-state index is 13.8. The van der Waals surface area contributed by atoms with Crippen LogP contribution >= 0.6 is 0 Å². The normalized spacial score (nSPS) is 10.7. The molecule has 100 valence electrons. The van der Waals surface area contributed by atoms with Crippen molar-refractivity contribution in [3.8, 4) is 5.75 Å². The van der Waals surface area contributed by atoms with Crippen LogP contribution in [0.5, 0.6) is 5.75 Å². The maximum Gasteiger partial charge on any atom is 0.341 e. The maximum absolute atomic E-state index is 13.8. The van der Waals surface area contributed by atoms with Crippen LogP contribution in [0.25, 0.3) is 10.9 Å². The predicted octanol–water partition coefficient (Wildman–Crippen LogP) is 1.69. The van der Waals surface area contributed by atoms with Crippen LogP contribution in [0.3, 0.4) is 0 Å². The first-order valence-corrected chi connectivity index (χ1v) is 5.48. The average molecular weight is 265 g/mol. The molecule has 0 unspecified atom stereocenters. The summed E-state index contributed by atoms with van der Waals surface area (Å²) in [4.78, 5) is 23.0. The molecule has 0 saturated carbocycles. The van der Waals surface area contributed by atoms with E-state index in [2.05, 4.69) is 0 Å². The summed E-state index contributed by atoms with van der Waals surface area (Å²) in [6, 6.07) is 1.04. The average Bonchev–Trinajstić information content (AvgIpc) is 2.35. The van der Waals surface area contributed by atoms with E-state index in [1.807, 2.05) is 0 Å². The first-order chi connectivity index (χ1) is 8.88. The van der Waals surface area contributed by atoms with E-state index in [4.69, 9.17) is 9.84 Å². The summed E-state index contributed by atoms with van der Waals surface area (Å²) < 4.78 is 20.3. The molecule has 1 heterocycles. The van der Waals surface area contributed by atoms with Crippen LogP contribution < -0.4 is 10.2 Å². The number of pyridine rings is 1. The molecular weight excluding hydrogens is 253 g/mol. The van der Waals surface area contributed by atoms with Crippen molar-refractivity contribution < 1.29 is 19.0 Å². The molecule has 5 nitrogen and oxygen atoms in total. The van der Waals surface area contributed by atoms with Crippen molar-refractivity contribution in [3.63, 3.8) is 0 Å². The Morgan fingerprint density at radius 1 is 1.47 bits per heavy atom. The zero-order valence-electron chi connectivity index (χ0n) is 10.7. The van der Waals surface area contributed by atoms with Gasteiger partial charge in [0.15, 0.2) is 0 Å². The number of ether oxygens (including phenoxy) is 1. The van der Waals surface area contributed by atoms with Gasteiger partial charge in [0, 0.05) is 18.8 Å². The summed E-state index contributed by atoms with van der Waals surface area (Å²) >= 11 is 0.